The van der Waals surface area contributed by atoms with E-state index >= 15 is 0 Å². The highest BCUT2D eigenvalue weighted by atomic mass is 35.5. The van der Waals surface area contributed by atoms with Crippen LogP contribution in [-0.2, 0) is 0 Å². The molecular weight excluding hydrogens is 240 g/mol. The number of nitrogens with zero attached hydrogens (tertiary/aromatic N) is 1. The van der Waals surface area contributed by atoms with Crippen molar-refractivity contribution in [1.29, 1.82) is 0 Å². The van der Waals surface area contributed by atoms with E-state index in [9.17, 15) is 0 Å². The molecule has 2 heterocycles. The van der Waals surface area contributed by atoms with Crippen LogP contribution in [0, 0.1) is 5.92 Å². The van der Waals surface area contributed by atoms with Crippen molar-refractivity contribution in [2.75, 3.05) is 19.6 Å². The Labute approximate surface area is 106 Å². The van der Waals surface area contributed by atoms with Crippen LogP contribution in [0.15, 0.2) is 12.1 Å². The molecule has 1 aromatic rings. The lowest BCUT2D eigenvalue weighted by Crippen LogP contribution is -2.37. The first kappa shape index (κ1) is 12.4. The van der Waals surface area contributed by atoms with Crippen LogP contribution >= 0.6 is 22.9 Å². The van der Waals surface area contributed by atoms with Crippen LogP contribution in [0.3, 0.4) is 0 Å². The summed E-state index contributed by atoms with van der Waals surface area (Å²) in [4.78, 5) is 3.91. The Morgan fingerprint density at radius 1 is 1.50 bits per heavy atom. The molecular formula is C12H19ClN2S. The highest BCUT2D eigenvalue weighted by molar-refractivity contribution is 7.16. The van der Waals surface area contributed by atoms with Crippen LogP contribution in [0.5, 0.6) is 0 Å². The van der Waals surface area contributed by atoms with E-state index in [0.29, 0.717) is 6.04 Å². The maximum absolute atomic E-state index is 5.97. The lowest BCUT2D eigenvalue weighted by atomic mass is 9.96. The van der Waals surface area contributed by atoms with E-state index in [-0.39, 0.29) is 0 Å². The summed E-state index contributed by atoms with van der Waals surface area (Å²) in [5, 5.41) is 0. The first-order valence-corrected chi connectivity index (χ1v) is 7.09. The van der Waals surface area contributed by atoms with Gasteiger partial charge in [-0.3, -0.25) is 4.90 Å². The number of halogens is 1. The Morgan fingerprint density at radius 2 is 2.19 bits per heavy atom. The maximum atomic E-state index is 5.97. The maximum Gasteiger partial charge on any atom is 0.0931 e. The SMILES string of the molecule is CC(c1ccc(Cl)s1)N1CCC(CN)CC1. The van der Waals surface area contributed by atoms with E-state index in [1.165, 1.54) is 30.8 Å². The van der Waals surface area contributed by atoms with Gasteiger partial charge in [-0.25, -0.2) is 0 Å². The third-order valence-electron chi connectivity index (χ3n) is 3.54. The number of piperidine rings is 1. The first-order valence-electron chi connectivity index (χ1n) is 5.90. The number of likely N-dealkylation sites (tertiary alicyclic amines) is 1. The predicted molar refractivity (Wildman–Crippen MR) is 71.1 cm³/mol. The lowest BCUT2D eigenvalue weighted by molar-refractivity contribution is 0.145. The molecule has 1 atom stereocenters. The molecule has 1 aliphatic rings. The Bertz CT molecular complexity index is 332. The summed E-state index contributed by atoms with van der Waals surface area (Å²) in [6, 6.07) is 4.63. The molecule has 0 aliphatic carbocycles. The molecule has 0 saturated carbocycles. The molecule has 0 radical (unpaired) electrons. The molecule has 1 fully saturated rings. The zero-order valence-electron chi connectivity index (χ0n) is 9.66. The molecule has 4 heteroatoms. The minimum Gasteiger partial charge on any atom is -0.330 e. The molecule has 0 aromatic carbocycles. The van der Waals surface area contributed by atoms with Gasteiger partial charge in [0.2, 0.25) is 0 Å². The number of hydrogen-bond acceptors (Lipinski definition) is 3. The molecule has 0 amide bonds. The van der Waals surface area contributed by atoms with E-state index in [1.54, 1.807) is 11.3 Å². The second-order valence-corrected chi connectivity index (χ2v) is 6.28. The summed E-state index contributed by atoms with van der Waals surface area (Å²) in [6.45, 7) is 5.44. The van der Waals surface area contributed by atoms with Crippen molar-refractivity contribution in [2.45, 2.75) is 25.8 Å². The summed E-state index contributed by atoms with van der Waals surface area (Å²) in [5.41, 5.74) is 5.71. The van der Waals surface area contributed by atoms with Gasteiger partial charge in [0.05, 0.1) is 4.34 Å². The minimum absolute atomic E-state index is 0.497. The molecule has 16 heavy (non-hydrogen) atoms. The van der Waals surface area contributed by atoms with Crippen LogP contribution in [0.25, 0.3) is 0 Å². The molecule has 1 aromatic heterocycles. The third-order valence-corrected chi connectivity index (χ3v) is 4.94. The van der Waals surface area contributed by atoms with Crippen LogP contribution < -0.4 is 5.73 Å². The second-order valence-electron chi connectivity index (χ2n) is 4.53. The number of rotatable bonds is 3. The molecule has 1 saturated heterocycles. The Hall–Kier alpha value is -0.0900. The van der Waals surface area contributed by atoms with Crippen LogP contribution in [0.2, 0.25) is 4.34 Å². The van der Waals surface area contributed by atoms with Gasteiger partial charge in [-0.1, -0.05) is 11.6 Å². The normalized spacial score (nSPS) is 21.2. The lowest BCUT2D eigenvalue weighted by Gasteiger charge is -2.35. The zero-order valence-corrected chi connectivity index (χ0v) is 11.2. The summed E-state index contributed by atoms with van der Waals surface area (Å²) in [7, 11) is 0. The molecule has 90 valence electrons. The van der Waals surface area contributed by atoms with Gasteiger partial charge in [0.15, 0.2) is 0 Å². The summed E-state index contributed by atoms with van der Waals surface area (Å²) >= 11 is 7.67. The van der Waals surface area contributed by atoms with Gasteiger partial charge in [-0.15, -0.1) is 11.3 Å². The Morgan fingerprint density at radius 3 is 2.69 bits per heavy atom. The van der Waals surface area contributed by atoms with Gasteiger partial charge in [0, 0.05) is 10.9 Å². The third kappa shape index (κ3) is 2.77. The highest BCUT2D eigenvalue weighted by Crippen LogP contribution is 2.32. The van der Waals surface area contributed by atoms with E-state index in [0.717, 1.165) is 16.8 Å². The minimum atomic E-state index is 0.497. The van der Waals surface area contributed by atoms with Crippen LogP contribution in [0.4, 0.5) is 0 Å². The molecule has 1 aliphatic heterocycles. The van der Waals surface area contributed by atoms with Crippen LogP contribution in [-0.4, -0.2) is 24.5 Å². The van der Waals surface area contributed by atoms with E-state index < -0.39 is 0 Å². The van der Waals surface area contributed by atoms with Crippen LogP contribution in [0.1, 0.15) is 30.7 Å². The highest BCUT2D eigenvalue weighted by Gasteiger charge is 2.23. The second kappa shape index (κ2) is 5.50. The van der Waals surface area contributed by atoms with Crippen molar-refractivity contribution < 1.29 is 0 Å². The van der Waals surface area contributed by atoms with E-state index in [1.807, 2.05) is 6.07 Å². The van der Waals surface area contributed by atoms with Crippen molar-refractivity contribution in [3.8, 4) is 0 Å². The Kier molecular flexibility index (Phi) is 4.25. The van der Waals surface area contributed by atoms with E-state index in [2.05, 4.69) is 17.9 Å². The average molecular weight is 259 g/mol. The number of thiophene rings is 1. The first-order chi connectivity index (χ1) is 7.70. The topological polar surface area (TPSA) is 29.3 Å². The summed E-state index contributed by atoms with van der Waals surface area (Å²) in [6.07, 6.45) is 2.47. The zero-order chi connectivity index (χ0) is 11.5. The monoisotopic (exact) mass is 258 g/mol. The van der Waals surface area contributed by atoms with Gasteiger partial charge >= 0.3 is 0 Å². The molecule has 2 rings (SSSR count). The average Bonchev–Trinajstić information content (AvgIpc) is 2.75. The van der Waals surface area contributed by atoms with Gasteiger partial charge in [0.25, 0.3) is 0 Å². The quantitative estimate of drug-likeness (QED) is 0.903. The molecule has 2 nitrogen and oxygen atoms in total. The molecule has 0 spiro atoms. The van der Waals surface area contributed by atoms with Crippen molar-refractivity contribution in [3.63, 3.8) is 0 Å². The molecule has 0 bridgehead atoms. The van der Waals surface area contributed by atoms with Gasteiger partial charge in [0.1, 0.15) is 0 Å². The van der Waals surface area contributed by atoms with Gasteiger partial charge in [-0.05, 0) is 57.5 Å². The van der Waals surface area contributed by atoms with Crippen molar-refractivity contribution in [2.24, 2.45) is 11.7 Å². The molecule has 1 unspecified atom stereocenters. The standard InChI is InChI=1S/C12H19ClN2S/c1-9(11-2-3-12(13)16-11)15-6-4-10(8-14)5-7-15/h2-3,9-10H,4-8,14H2,1H3. The molecule has 2 N–H and O–H groups in total. The Balaban J connectivity index is 1.93. The van der Waals surface area contributed by atoms with Crippen molar-refractivity contribution >= 4 is 22.9 Å². The fourth-order valence-corrected chi connectivity index (χ4v) is 3.46. The van der Waals surface area contributed by atoms with Gasteiger partial charge < -0.3 is 5.73 Å². The largest absolute Gasteiger partial charge is 0.330 e. The fraction of sp³-hybridized carbons (Fsp3) is 0.667. The van der Waals surface area contributed by atoms with Crippen molar-refractivity contribution in [3.05, 3.63) is 21.3 Å². The number of hydrogen-bond donors (Lipinski definition) is 1. The van der Waals surface area contributed by atoms with Crippen molar-refractivity contribution in [1.82, 2.24) is 4.90 Å². The predicted octanol–water partition coefficient (Wildman–Crippen LogP) is 3.13. The number of nitrogens with two attached hydrogens (primary N) is 1. The smallest absolute Gasteiger partial charge is 0.0931 e. The van der Waals surface area contributed by atoms with E-state index in [4.69, 9.17) is 17.3 Å². The van der Waals surface area contributed by atoms with Gasteiger partial charge in [-0.2, -0.15) is 0 Å². The summed E-state index contributed by atoms with van der Waals surface area (Å²) < 4.78 is 0.888. The summed E-state index contributed by atoms with van der Waals surface area (Å²) in [5.74, 6) is 0.732. The fourth-order valence-electron chi connectivity index (χ4n) is 2.31.